The van der Waals surface area contributed by atoms with Crippen LogP contribution in [0.2, 0.25) is 5.02 Å². The third-order valence-corrected chi connectivity index (χ3v) is 3.61. The molecule has 106 valence electrons. The lowest BCUT2D eigenvalue weighted by molar-refractivity contribution is 0.171. The number of benzene rings is 1. The van der Waals surface area contributed by atoms with E-state index in [1.165, 1.54) is 0 Å². The molecule has 1 aromatic rings. The van der Waals surface area contributed by atoms with Crippen molar-refractivity contribution in [2.75, 3.05) is 26.2 Å². The monoisotopic (exact) mass is 304 g/mol. The molecule has 0 aromatic heterocycles. The molecular weight excluding hydrogens is 286 g/mol. The van der Waals surface area contributed by atoms with E-state index < -0.39 is 0 Å². The Kier molecular flexibility index (Phi) is 6.80. The molecule has 0 bridgehead atoms. The number of nitrogens with one attached hydrogen (secondary N) is 1. The van der Waals surface area contributed by atoms with Crippen molar-refractivity contribution >= 4 is 24.0 Å². The van der Waals surface area contributed by atoms with E-state index in [-0.39, 0.29) is 29.3 Å². The van der Waals surface area contributed by atoms with Crippen molar-refractivity contribution in [3.8, 4) is 0 Å². The van der Waals surface area contributed by atoms with Crippen LogP contribution in [-0.2, 0) is 0 Å². The minimum absolute atomic E-state index is 0. The first-order valence-corrected chi connectivity index (χ1v) is 6.61. The average molecular weight is 305 g/mol. The van der Waals surface area contributed by atoms with Gasteiger partial charge in [-0.15, -0.1) is 19.0 Å². The molecule has 1 aliphatic rings. The first kappa shape index (κ1) is 16.4. The maximum Gasteiger partial charge on any atom is 0.146 e. The van der Waals surface area contributed by atoms with Gasteiger partial charge in [0.1, 0.15) is 5.82 Å². The Morgan fingerprint density at radius 3 is 2.74 bits per heavy atom. The van der Waals surface area contributed by atoms with Crippen molar-refractivity contribution in [2.45, 2.75) is 12.5 Å². The smallest absolute Gasteiger partial charge is 0.146 e. The molecule has 5 heteroatoms. The molecule has 0 amide bonds. The molecule has 1 atom stereocenters. The van der Waals surface area contributed by atoms with Crippen molar-refractivity contribution in [1.82, 2.24) is 10.2 Å². The van der Waals surface area contributed by atoms with Gasteiger partial charge < -0.3 is 5.32 Å². The van der Waals surface area contributed by atoms with E-state index >= 15 is 0 Å². The first-order chi connectivity index (χ1) is 8.74. The van der Waals surface area contributed by atoms with Gasteiger partial charge in [-0.25, -0.2) is 4.39 Å². The summed E-state index contributed by atoms with van der Waals surface area (Å²) in [5, 5.41) is 3.49. The molecule has 1 N–H and O–H groups in total. The van der Waals surface area contributed by atoms with Gasteiger partial charge in [0.25, 0.3) is 0 Å². The number of hydrogen-bond donors (Lipinski definition) is 1. The van der Waals surface area contributed by atoms with Gasteiger partial charge in [-0.1, -0.05) is 29.8 Å². The lowest BCUT2D eigenvalue weighted by Crippen LogP contribution is -2.45. The SMILES string of the molecule is C=CC[C@@H](c1cccc(Cl)c1F)N1CCNCC1.Cl. The van der Waals surface area contributed by atoms with Crippen LogP contribution in [0.4, 0.5) is 4.39 Å². The summed E-state index contributed by atoms with van der Waals surface area (Å²) in [6, 6.07) is 5.24. The Hall–Kier alpha value is -0.610. The molecule has 1 fully saturated rings. The zero-order valence-corrected chi connectivity index (χ0v) is 12.3. The van der Waals surface area contributed by atoms with Crippen LogP contribution < -0.4 is 5.32 Å². The summed E-state index contributed by atoms with van der Waals surface area (Å²) in [5.41, 5.74) is 0.671. The van der Waals surface area contributed by atoms with E-state index in [4.69, 9.17) is 11.6 Å². The second kappa shape index (κ2) is 7.85. The second-order valence-corrected chi connectivity index (χ2v) is 4.88. The summed E-state index contributed by atoms with van der Waals surface area (Å²) in [6.07, 6.45) is 2.57. The lowest BCUT2D eigenvalue weighted by Gasteiger charge is -2.35. The number of halogens is 3. The van der Waals surface area contributed by atoms with Gasteiger partial charge in [-0.2, -0.15) is 0 Å². The summed E-state index contributed by atoms with van der Waals surface area (Å²) < 4.78 is 14.1. The fourth-order valence-corrected chi connectivity index (χ4v) is 2.58. The van der Waals surface area contributed by atoms with Crippen LogP contribution in [0, 0.1) is 5.82 Å². The largest absolute Gasteiger partial charge is 0.314 e. The van der Waals surface area contributed by atoms with Crippen LogP contribution in [0.3, 0.4) is 0 Å². The number of piperazine rings is 1. The van der Waals surface area contributed by atoms with Gasteiger partial charge in [0.2, 0.25) is 0 Å². The van der Waals surface area contributed by atoms with Gasteiger partial charge in [0, 0.05) is 37.8 Å². The summed E-state index contributed by atoms with van der Waals surface area (Å²) in [4.78, 5) is 2.28. The van der Waals surface area contributed by atoms with Crippen molar-refractivity contribution in [3.63, 3.8) is 0 Å². The Morgan fingerprint density at radius 1 is 1.42 bits per heavy atom. The van der Waals surface area contributed by atoms with Crippen molar-refractivity contribution in [1.29, 1.82) is 0 Å². The van der Waals surface area contributed by atoms with Crippen molar-refractivity contribution < 1.29 is 4.39 Å². The zero-order valence-electron chi connectivity index (χ0n) is 10.7. The molecule has 2 rings (SSSR count). The highest BCUT2D eigenvalue weighted by atomic mass is 35.5. The van der Waals surface area contributed by atoms with Crippen LogP contribution in [-0.4, -0.2) is 31.1 Å². The summed E-state index contributed by atoms with van der Waals surface area (Å²) in [7, 11) is 0. The third-order valence-electron chi connectivity index (χ3n) is 3.32. The van der Waals surface area contributed by atoms with Gasteiger partial charge in [0.05, 0.1) is 5.02 Å². The fourth-order valence-electron chi connectivity index (χ4n) is 2.40. The minimum Gasteiger partial charge on any atom is -0.314 e. The van der Waals surface area contributed by atoms with E-state index in [9.17, 15) is 4.39 Å². The van der Waals surface area contributed by atoms with Crippen LogP contribution in [0.25, 0.3) is 0 Å². The zero-order chi connectivity index (χ0) is 13.0. The van der Waals surface area contributed by atoms with E-state index in [1.54, 1.807) is 12.1 Å². The van der Waals surface area contributed by atoms with Crippen molar-refractivity contribution in [2.24, 2.45) is 0 Å². The molecular formula is C14H19Cl2FN2. The van der Waals surface area contributed by atoms with E-state index in [0.717, 1.165) is 32.6 Å². The molecule has 19 heavy (non-hydrogen) atoms. The summed E-state index contributed by atoms with van der Waals surface area (Å²) in [6.45, 7) is 7.50. The Labute approximate surface area is 125 Å². The molecule has 1 heterocycles. The normalized spacial score (nSPS) is 17.6. The fraction of sp³-hybridized carbons (Fsp3) is 0.429. The molecule has 2 nitrogen and oxygen atoms in total. The van der Waals surface area contributed by atoms with Gasteiger partial charge >= 0.3 is 0 Å². The Morgan fingerprint density at radius 2 is 2.11 bits per heavy atom. The maximum atomic E-state index is 14.1. The standard InChI is InChI=1S/C14H18ClFN2.ClH/c1-2-4-13(18-9-7-17-8-10-18)11-5-3-6-12(15)14(11)16;/h2-3,5-6,13,17H,1,4,7-10H2;1H/t13-;/m0./s1. The Balaban J connectivity index is 0.00000180. The first-order valence-electron chi connectivity index (χ1n) is 6.23. The van der Waals surface area contributed by atoms with Crippen LogP contribution in [0.5, 0.6) is 0 Å². The molecule has 1 aliphatic heterocycles. The molecule has 1 saturated heterocycles. The average Bonchev–Trinajstić information content (AvgIpc) is 2.41. The topological polar surface area (TPSA) is 15.3 Å². The molecule has 0 saturated carbocycles. The van der Waals surface area contributed by atoms with Crippen LogP contribution in [0.1, 0.15) is 18.0 Å². The van der Waals surface area contributed by atoms with Crippen molar-refractivity contribution in [3.05, 3.63) is 47.3 Å². The van der Waals surface area contributed by atoms with Gasteiger partial charge in [0.15, 0.2) is 0 Å². The summed E-state index contributed by atoms with van der Waals surface area (Å²) >= 11 is 5.87. The lowest BCUT2D eigenvalue weighted by atomic mass is 10.0. The van der Waals surface area contributed by atoms with E-state index in [2.05, 4.69) is 16.8 Å². The molecule has 0 radical (unpaired) electrons. The van der Waals surface area contributed by atoms with E-state index in [1.807, 2.05) is 12.1 Å². The molecule has 0 aliphatic carbocycles. The quantitative estimate of drug-likeness (QED) is 0.858. The van der Waals surface area contributed by atoms with Crippen LogP contribution >= 0.6 is 24.0 Å². The van der Waals surface area contributed by atoms with Crippen LogP contribution in [0.15, 0.2) is 30.9 Å². The van der Waals surface area contributed by atoms with Gasteiger partial charge in [-0.05, 0) is 12.5 Å². The third kappa shape index (κ3) is 3.93. The number of rotatable bonds is 4. The molecule has 1 aromatic carbocycles. The minimum atomic E-state index is -0.301. The second-order valence-electron chi connectivity index (χ2n) is 4.47. The highest BCUT2D eigenvalue weighted by molar-refractivity contribution is 6.30. The highest BCUT2D eigenvalue weighted by Gasteiger charge is 2.24. The molecule has 0 spiro atoms. The van der Waals surface area contributed by atoms with E-state index in [0.29, 0.717) is 5.56 Å². The maximum absolute atomic E-state index is 14.1. The predicted octanol–water partition coefficient (Wildman–Crippen LogP) is 3.42. The summed E-state index contributed by atoms with van der Waals surface area (Å²) in [5.74, 6) is -0.301. The number of nitrogens with zero attached hydrogens (tertiary/aromatic N) is 1. The predicted molar refractivity (Wildman–Crippen MR) is 80.7 cm³/mol. The molecule has 0 unspecified atom stereocenters. The van der Waals surface area contributed by atoms with Gasteiger partial charge in [-0.3, -0.25) is 4.90 Å². The highest BCUT2D eigenvalue weighted by Crippen LogP contribution is 2.30. The Bertz CT molecular complexity index is 420. The number of hydrogen-bond acceptors (Lipinski definition) is 2.